The Kier molecular flexibility index (Phi) is 4.20. The number of aromatic nitrogens is 2. The fraction of sp³-hybridized carbons (Fsp3) is 0.467. The summed E-state index contributed by atoms with van der Waals surface area (Å²) in [6.07, 6.45) is -0.210. The van der Waals surface area contributed by atoms with Crippen LogP contribution in [0.4, 0.5) is 0 Å². The van der Waals surface area contributed by atoms with Crippen molar-refractivity contribution in [3.05, 3.63) is 35.7 Å². The molecule has 1 aromatic carbocycles. The minimum atomic E-state index is -0.210. The Hall–Kier alpha value is -1.72. The second kappa shape index (κ2) is 5.73. The zero-order valence-corrected chi connectivity index (χ0v) is 12.4. The number of nitrogens with two attached hydrogens (primary N) is 1. The molecule has 20 heavy (non-hydrogen) atoms. The van der Waals surface area contributed by atoms with Gasteiger partial charge in [0, 0.05) is 19.2 Å². The quantitative estimate of drug-likeness (QED) is 0.928. The molecule has 108 valence electrons. The third-order valence-electron chi connectivity index (χ3n) is 3.11. The lowest BCUT2D eigenvalue weighted by molar-refractivity contribution is 0.00718. The lowest BCUT2D eigenvalue weighted by Gasteiger charge is -2.26. The first-order chi connectivity index (χ1) is 9.45. The van der Waals surface area contributed by atoms with Crippen molar-refractivity contribution in [3.63, 3.8) is 0 Å². The van der Waals surface area contributed by atoms with Gasteiger partial charge < -0.3 is 15.0 Å². The first kappa shape index (κ1) is 14.7. The number of hydrogen-bond donors (Lipinski definition) is 1. The standard InChI is InChI=1S/C15H21N3O2/c1-15(2,3)12(19-4)13-17-14(20-18-13)11-7-5-6-10(8-11)9-16/h5-8,12H,9,16H2,1-4H3. The number of rotatable bonds is 4. The van der Waals surface area contributed by atoms with Crippen molar-refractivity contribution in [1.82, 2.24) is 10.1 Å². The third-order valence-corrected chi connectivity index (χ3v) is 3.11. The molecule has 2 aromatic rings. The highest BCUT2D eigenvalue weighted by Gasteiger charge is 2.30. The van der Waals surface area contributed by atoms with Crippen LogP contribution in [0.3, 0.4) is 0 Å². The van der Waals surface area contributed by atoms with Gasteiger partial charge in [0.15, 0.2) is 0 Å². The highest BCUT2D eigenvalue weighted by atomic mass is 16.5. The van der Waals surface area contributed by atoms with Crippen LogP contribution < -0.4 is 5.73 Å². The average molecular weight is 275 g/mol. The van der Waals surface area contributed by atoms with Crippen molar-refractivity contribution in [2.75, 3.05) is 7.11 Å². The average Bonchev–Trinajstić information content (AvgIpc) is 2.87. The van der Waals surface area contributed by atoms with Crippen LogP contribution in [0.25, 0.3) is 11.5 Å². The molecule has 5 heteroatoms. The summed E-state index contributed by atoms with van der Waals surface area (Å²) in [5, 5.41) is 4.04. The molecule has 2 rings (SSSR count). The molecule has 1 unspecified atom stereocenters. The molecule has 0 amide bonds. The van der Waals surface area contributed by atoms with Gasteiger partial charge >= 0.3 is 0 Å². The van der Waals surface area contributed by atoms with Crippen LogP contribution in [0.5, 0.6) is 0 Å². The molecule has 0 spiro atoms. The summed E-state index contributed by atoms with van der Waals surface area (Å²) in [5.74, 6) is 1.05. The van der Waals surface area contributed by atoms with E-state index in [1.54, 1.807) is 7.11 Å². The molecule has 5 nitrogen and oxygen atoms in total. The third kappa shape index (κ3) is 3.05. The van der Waals surface area contributed by atoms with E-state index in [1.165, 1.54) is 0 Å². The molecule has 0 saturated heterocycles. The summed E-state index contributed by atoms with van der Waals surface area (Å²) in [5.41, 5.74) is 7.44. The zero-order valence-electron chi connectivity index (χ0n) is 12.4. The predicted molar refractivity (Wildman–Crippen MR) is 76.8 cm³/mol. The Labute approximate surface area is 119 Å². The van der Waals surface area contributed by atoms with E-state index in [9.17, 15) is 0 Å². The summed E-state index contributed by atoms with van der Waals surface area (Å²) in [4.78, 5) is 4.45. The van der Waals surface area contributed by atoms with Crippen molar-refractivity contribution in [3.8, 4) is 11.5 Å². The topological polar surface area (TPSA) is 74.2 Å². The monoisotopic (exact) mass is 275 g/mol. The van der Waals surface area contributed by atoms with Gasteiger partial charge in [-0.1, -0.05) is 38.1 Å². The van der Waals surface area contributed by atoms with Gasteiger partial charge in [0.1, 0.15) is 6.10 Å². The van der Waals surface area contributed by atoms with Crippen molar-refractivity contribution in [1.29, 1.82) is 0 Å². The Bertz CT molecular complexity index is 572. The SMILES string of the molecule is COC(c1noc(-c2cccc(CN)c2)n1)C(C)(C)C. The highest BCUT2D eigenvalue weighted by Crippen LogP contribution is 2.34. The number of ether oxygens (including phenoxy) is 1. The Morgan fingerprint density at radius 1 is 1.35 bits per heavy atom. The van der Waals surface area contributed by atoms with E-state index in [2.05, 4.69) is 30.9 Å². The van der Waals surface area contributed by atoms with Crippen LogP contribution in [-0.2, 0) is 11.3 Å². The molecule has 1 aromatic heterocycles. The van der Waals surface area contributed by atoms with Gasteiger partial charge in [0.25, 0.3) is 5.89 Å². The summed E-state index contributed by atoms with van der Waals surface area (Å²) in [6.45, 7) is 6.71. The van der Waals surface area contributed by atoms with Crippen molar-refractivity contribution in [2.24, 2.45) is 11.1 Å². The number of benzene rings is 1. The van der Waals surface area contributed by atoms with Crippen molar-refractivity contribution in [2.45, 2.75) is 33.4 Å². The largest absolute Gasteiger partial charge is 0.373 e. The maximum atomic E-state index is 5.64. The molecule has 1 heterocycles. The lowest BCUT2D eigenvalue weighted by Crippen LogP contribution is -2.21. The van der Waals surface area contributed by atoms with Gasteiger partial charge in [-0.15, -0.1) is 0 Å². The Morgan fingerprint density at radius 2 is 2.10 bits per heavy atom. The Balaban J connectivity index is 2.32. The van der Waals surface area contributed by atoms with E-state index in [0.29, 0.717) is 18.3 Å². The molecule has 0 aliphatic carbocycles. The van der Waals surface area contributed by atoms with Gasteiger partial charge in [0.05, 0.1) is 0 Å². The molecular weight excluding hydrogens is 254 g/mol. The van der Waals surface area contributed by atoms with E-state index >= 15 is 0 Å². The van der Waals surface area contributed by atoms with E-state index in [4.69, 9.17) is 15.0 Å². The van der Waals surface area contributed by atoms with E-state index < -0.39 is 0 Å². The number of methoxy groups -OCH3 is 1. The first-order valence-electron chi connectivity index (χ1n) is 6.61. The molecule has 2 N–H and O–H groups in total. The highest BCUT2D eigenvalue weighted by molar-refractivity contribution is 5.54. The summed E-state index contributed by atoms with van der Waals surface area (Å²) >= 11 is 0. The molecule has 0 bridgehead atoms. The molecule has 0 fully saturated rings. The van der Waals surface area contributed by atoms with E-state index in [-0.39, 0.29) is 11.5 Å². The normalized spacial score (nSPS) is 13.4. The molecule has 0 aliphatic rings. The van der Waals surface area contributed by atoms with Gasteiger partial charge in [-0.3, -0.25) is 0 Å². The van der Waals surface area contributed by atoms with Gasteiger partial charge in [-0.05, 0) is 23.1 Å². The summed E-state index contributed by atoms with van der Waals surface area (Å²) in [7, 11) is 1.65. The fourth-order valence-electron chi connectivity index (χ4n) is 2.14. The van der Waals surface area contributed by atoms with Gasteiger partial charge in [-0.2, -0.15) is 4.98 Å². The smallest absolute Gasteiger partial charge is 0.258 e. The van der Waals surface area contributed by atoms with Crippen LogP contribution in [0, 0.1) is 5.41 Å². The molecule has 1 atom stereocenters. The number of nitrogens with zero attached hydrogens (tertiary/aromatic N) is 2. The van der Waals surface area contributed by atoms with E-state index in [0.717, 1.165) is 11.1 Å². The molecule has 0 aliphatic heterocycles. The minimum Gasteiger partial charge on any atom is -0.373 e. The molecule has 0 radical (unpaired) electrons. The zero-order chi connectivity index (χ0) is 14.8. The number of hydrogen-bond acceptors (Lipinski definition) is 5. The maximum Gasteiger partial charge on any atom is 0.258 e. The van der Waals surface area contributed by atoms with Crippen molar-refractivity contribution >= 4 is 0 Å². The van der Waals surface area contributed by atoms with Crippen LogP contribution >= 0.6 is 0 Å². The first-order valence-corrected chi connectivity index (χ1v) is 6.61. The van der Waals surface area contributed by atoms with E-state index in [1.807, 2.05) is 24.3 Å². The summed E-state index contributed by atoms with van der Waals surface area (Å²) in [6, 6.07) is 7.78. The minimum absolute atomic E-state index is 0.102. The summed E-state index contributed by atoms with van der Waals surface area (Å²) < 4.78 is 10.8. The Morgan fingerprint density at radius 3 is 2.70 bits per heavy atom. The van der Waals surface area contributed by atoms with Crippen molar-refractivity contribution < 1.29 is 9.26 Å². The fourth-order valence-corrected chi connectivity index (χ4v) is 2.14. The van der Waals surface area contributed by atoms with Gasteiger partial charge in [0.2, 0.25) is 5.82 Å². The van der Waals surface area contributed by atoms with Crippen LogP contribution in [0.1, 0.15) is 38.3 Å². The predicted octanol–water partition coefficient (Wildman–Crippen LogP) is 2.93. The van der Waals surface area contributed by atoms with Gasteiger partial charge in [-0.25, -0.2) is 0 Å². The second-order valence-corrected chi connectivity index (χ2v) is 5.84. The molecule has 0 saturated carbocycles. The molecular formula is C15H21N3O2. The van der Waals surface area contributed by atoms with Crippen LogP contribution in [0.2, 0.25) is 0 Å². The van der Waals surface area contributed by atoms with Crippen LogP contribution in [0.15, 0.2) is 28.8 Å². The second-order valence-electron chi connectivity index (χ2n) is 5.84. The van der Waals surface area contributed by atoms with Crippen LogP contribution in [-0.4, -0.2) is 17.3 Å². The lowest BCUT2D eigenvalue weighted by atomic mass is 9.88. The maximum absolute atomic E-state index is 5.64.